The Bertz CT molecular complexity index is 529. The molecule has 3 heterocycles. The Labute approximate surface area is 123 Å². The SMILES string of the molecule is Cn1c(SCCn2cccn2)nnc1C1CCCNC1. The van der Waals surface area contributed by atoms with Gasteiger partial charge in [-0.15, -0.1) is 10.2 Å². The lowest BCUT2D eigenvalue weighted by atomic mass is 9.99. The molecule has 1 aliphatic heterocycles. The molecule has 1 atom stereocenters. The molecule has 7 heteroatoms. The van der Waals surface area contributed by atoms with Gasteiger partial charge in [-0.1, -0.05) is 11.8 Å². The summed E-state index contributed by atoms with van der Waals surface area (Å²) >= 11 is 1.74. The third-order valence-corrected chi connectivity index (χ3v) is 4.64. The monoisotopic (exact) mass is 292 g/mol. The first-order chi connectivity index (χ1) is 9.84. The molecule has 1 unspecified atom stereocenters. The average Bonchev–Trinajstić information content (AvgIpc) is 3.11. The number of thioether (sulfide) groups is 1. The van der Waals surface area contributed by atoms with Crippen molar-refractivity contribution < 1.29 is 0 Å². The standard InChI is InChI=1S/C13H20N6S/c1-18-12(11-4-2-5-14-10-11)16-17-13(18)20-9-8-19-7-3-6-15-19/h3,6-7,11,14H,2,4-5,8-10H2,1H3. The number of nitrogens with zero attached hydrogens (tertiary/aromatic N) is 5. The fourth-order valence-corrected chi connectivity index (χ4v) is 3.39. The molecule has 0 aromatic carbocycles. The number of rotatable bonds is 5. The van der Waals surface area contributed by atoms with Crippen LogP contribution in [-0.4, -0.2) is 43.4 Å². The molecule has 0 bridgehead atoms. The van der Waals surface area contributed by atoms with Crippen LogP contribution in [0.25, 0.3) is 0 Å². The minimum absolute atomic E-state index is 0.502. The van der Waals surface area contributed by atoms with Crippen LogP contribution in [0, 0.1) is 0 Å². The Morgan fingerprint density at radius 2 is 2.40 bits per heavy atom. The summed E-state index contributed by atoms with van der Waals surface area (Å²) in [5, 5.41) is 17.3. The van der Waals surface area contributed by atoms with Gasteiger partial charge in [0.15, 0.2) is 5.16 Å². The first-order valence-corrected chi connectivity index (χ1v) is 8.03. The zero-order chi connectivity index (χ0) is 13.8. The van der Waals surface area contributed by atoms with E-state index in [-0.39, 0.29) is 0 Å². The maximum Gasteiger partial charge on any atom is 0.191 e. The van der Waals surface area contributed by atoms with Gasteiger partial charge < -0.3 is 9.88 Å². The zero-order valence-electron chi connectivity index (χ0n) is 11.7. The number of hydrogen-bond donors (Lipinski definition) is 1. The highest BCUT2D eigenvalue weighted by atomic mass is 32.2. The normalized spacial score (nSPS) is 19.4. The predicted molar refractivity (Wildman–Crippen MR) is 78.8 cm³/mol. The molecule has 108 valence electrons. The minimum Gasteiger partial charge on any atom is -0.316 e. The maximum atomic E-state index is 4.38. The number of nitrogens with one attached hydrogen (secondary N) is 1. The minimum atomic E-state index is 0.502. The van der Waals surface area contributed by atoms with Crippen molar-refractivity contribution in [1.82, 2.24) is 29.9 Å². The lowest BCUT2D eigenvalue weighted by molar-refractivity contribution is 0.436. The first-order valence-electron chi connectivity index (χ1n) is 7.05. The molecule has 3 rings (SSSR count). The summed E-state index contributed by atoms with van der Waals surface area (Å²) in [6.07, 6.45) is 6.22. The van der Waals surface area contributed by atoms with Gasteiger partial charge in [0.25, 0.3) is 0 Å². The van der Waals surface area contributed by atoms with Crippen LogP contribution in [0.2, 0.25) is 0 Å². The van der Waals surface area contributed by atoms with Gasteiger partial charge in [-0.3, -0.25) is 4.68 Å². The van der Waals surface area contributed by atoms with Crippen LogP contribution in [0.5, 0.6) is 0 Å². The van der Waals surface area contributed by atoms with Gasteiger partial charge >= 0.3 is 0 Å². The highest BCUT2D eigenvalue weighted by Gasteiger charge is 2.21. The van der Waals surface area contributed by atoms with E-state index in [4.69, 9.17) is 0 Å². The zero-order valence-corrected chi connectivity index (χ0v) is 12.5. The summed E-state index contributed by atoms with van der Waals surface area (Å²) in [7, 11) is 2.07. The molecule has 0 aliphatic carbocycles. The van der Waals surface area contributed by atoms with Crippen LogP contribution in [0.4, 0.5) is 0 Å². The number of piperidine rings is 1. The number of aryl methyl sites for hydroxylation is 1. The van der Waals surface area contributed by atoms with Crippen molar-refractivity contribution in [3.63, 3.8) is 0 Å². The quantitative estimate of drug-likeness (QED) is 0.841. The largest absolute Gasteiger partial charge is 0.316 e. The van der Waals surface area contributed by atoms with Crippen molar-refractivity contribution in [2.75, 3.05) is 18.8 Å². The molecule has 1 saturated heterocycles. The Morgan fingerprint density at radius 3 is 3.15 bits per heavy atom. The summed E-state index contributed by atoms with van der Waals surface area (Å²) in [6.45, 7) is 3.04. The van der Waals surface area contributed by atoms with Gasteiger partial charge in [-0.05, 0) is 25.5 Å². The molecule has 0 saturated carbocycles. The van der Waals surface area contributed by atoms with E-state index >= 15 is 0 Å². The van der Waals surface area contributed by atoms with E-state index in [1.807, 2.05) is 16.9 Å². The maximum absolute atomic E-state index is 4.38. The highest BCUT2D eigenvalue weighted by Crippen LogP contribution is 2.24. The van der Waals surface area contributed by atoms with E-state index in [0.717, 1.165) is 36.4 Å². The van der Waals surface area contributed by atoms with Gasteiger partial charge in [0, 0.05) is 37.7 Å². The molecule has 20 heavy (non-hydrogen) atoms. The fraction of sp³-hybridized carbons (Fsp3) is 0.615. The topological polar surface area (TPSA) is 60.6 Å². The van der Waals surface area contributed by atoms with Crippen LogP contribution in [-0.2, 0) is 13.6 Å². The van der Waals surface area contributed by atoms with Gasteiger partial charge in [0.1, 0.15) is 5.82 Å². The highest BCUT2D eigenvalue weighted by molar-refractivity contribution is 7.99. The Morgan fingerprint density at radius 1 is 1.45 bits per heavy atom. The lowest BCUT2D eigenvalue weighted by Gasteiger charge is -2.21. The summed E-state index contributed by atoms with van der Waals surface area (Å²) in [5.41, 5.74) is 0. The smallest absolute Gasteiger partial charge is 0.191 e. The van der Waals surface area contributed by atoms with E-state index in [0.29, 0.717) is 5.92 Å². The van der Waals surface area contributed by atoms with E-state index in [9.17, 15) is 0 Å². The summed E-state index contributed by atoms with van der Waals surface area (Å²) < 4.78 is 4.08. The molecule has 0 amide bonds. The summed E-state index contributed by atoms with van der Waals surface area (Å²) in [6, 6.07) is 1.95. The summed E-state index contributed by atoms with van der Waals surface area (Å²) in [5.74, 6) is 2.57. The van der Waals surface area contributed by atoms with Crippen LogP contribution < -0.4 is 5.32 Å². The molecular formula is C13H20N6S. The van der Waals surface area contributed by atoms with Crippen LogP contribution >= 0.6 is 11.8 Å². The van der Waals surface area contributed by atoms with Crippen molar-refractivity contribution in [2.24, 2.45) is 7.05 Å². The Kier molecular flexibility index (Phi) is 4.37. The second kappa shape index (κ2) is 6.41. The Hall–Kier alpha value is -1.34. The molecular weight excluding hydrogens is 272 g/mol. The van der Waals surface area contributed by atoms with E-state index in [1.54, 1.807) is 18.0 Å². The average molecular weight is 292 g/mol. The second-order valence-electron chi connectivity index (χ2n) is 5.06. The van der Waals surface area contributed by atoms with Gasteiger partial charge in [0.2, 0.25) is 0 Å². The molecule has 6 nitrogen and oxygen atoms in total. The lowest BCUT2D eigenvalue weighted by Crippen LogP contribution is -2.29. The van der Waals surface area contributed by atoms with Gasteiger partial charge in [0.05, 0.1) is 6.54 Å². The second-order valence-corrected chi connectivity index (χ2v) is 6.12. The number of aromatic nitrogens is 5. The van der Waals surface area contributed by atoms with Crippen molar-refractivity contribution in [2.45, 2.75) is 30.5 Å². The first kappa shape index (κ1) is 13.6. The van der Waals surface area contributed by atoms with E-state index in [1.165, 1.54) is 12.8 Å². The van der Waals surface area contributed by atoms with Crippen molar-refractivity contribution >= 4 is 11.8 Å². The van der Waals surface area contributed by atoms with E-state index < -0.39 is 0 Å². The van der Waals surface area contributed by atoms with Gasteiger partial charge in [-0.2, -0.15) is 5.10 Å². The van der Waals surface area contributed by atoms with Crippen molar-refractivity contribution in [3.8, 4) is 0 Å². The predicted octanol–water partition coefficient (Wildman–Crippen LogP) is 1.27. The third-order valence-electron chi connectivity index (χ3n) is 3.64. The third kappa shape index (κ3) is 3.04. The fourth-order valence-electron chi connectivity index (χ4n) is 2.54. The van der Waals surface area contributed by atoms with Crippen LogP contribution in [0.15, 0.2) is 23.6 Å². The van der Waals surface area contributed by atoms with Crippen LogP contribution in [0.1, 0.15) is 24.6 Å². The molecule has 0 radical (unpaired) electrons. The van der Waals surface area contributed by atoms with E-state index in [2.05, 4.69) is 32.2 Å². The van der Waals surface area contributed by atoms with Crippen LogP contribution in [0.3, 0.4) is 0 Å². The van der Waals surface area contributed by atoms with Crippen molar-refractivity contribution in [1.29, 1.82) is 0 Å². The molecule has 2 aromatic rings. The van der Waals surface area contributed by atoms with Gasteiger partial charge in [-0.25, -0.2) is 0 Å². The van der Waals surface area contributed by atoms with Crippen molar-refractivity contribution in [3.05, 3.63) is 24.3 Å². The Balaban J connectivity index is 1.58. The molecule has 1 N–H and O–H groups in total. The molecule has 0 spiro atoms. The molecule has 1 aliphatic rings. The molecule has 2 aromatic heterocycles. The molecule has 1 fully saturated rings. The number of hydrogen-bond acceptors (Lipinski definition) is 5. The summed E-state index contributed by atoms with van der Waals surface area (Å²) in [4.78, 5) is 0.